The quantitative estimate of drug-likeness (QED) is 0.406. The van der Waals surface area contributed by atoms with E-state index in [-0.39, 0.29) is 0 Å². The van der Waals surface area contributed by atoms with Crippen molar-refractivity contribution in [2.24, 2.45) is 0 Å². The van der Waals surface area contributed by atoms with Gasteiger partial charge in [0.05, 0.1) is 0 Å². The van der Waals surface area contributed by atoms with Crippen LogP contribution in [0.25, 0.3) is 0 Å². The molecule has 1 nitrogen and oxygen atoms in total. The molecule has 0 fully saturated rings. The summed E-state index contributed by atoms with van der Waals surface area (Å²) in [7, 11) is -6.00. The van der Waals surface area contributed by atoms with Crippen LogP contribution in [0, 0.1) is 0 Å². The van der Waals surface area contributed by atoms with Crippen LogP contribution < -0.4 is 0 Å². The summed E-state index contributed by atoms with van der Waals surface area (Å²) in [4.78, 5) is 0. The molecule has 15 heavy (non-hydrogen) atoms. The van der Waals surface area contributed by atoms with Crippen molar-refractivity contribution in [3.8, 4) is 0 Å². The summed E-state index contributed by atoms with van der Waals surface area (Å²) in [6.07, 6.45) is 3.51. The third kappa shape index (κ3) is 9.11. The van der Waals surface area contributed by atoms with Gasteiger partial charge in [-0.1, -0.05) is 11.8 Å². The Morgan fingerprint density at radius 1 is 1.40 bits per heavy atom. The molecule has 0 radical (unpaired) electrons. The lowest BCUT2D eigenvalue weighted by molar-refractivity contribution is -0.520. The Morgan fingerprint density at radius 3 is 2.27 bits per heavy atom. The van der Waals surface area contributed by atoms with E-state index in [2.05, 4.69) is 17.8 Å². The van der Waals surface area contributed by atoms with Gasteiger partial charge in [-0.2, -0.15) is 0 Å². The van der Waals surface area contributed by atoms with Crippen LogP contribution in [0.4, 0.5) is 17.3 Å². The van der Waals surface area contributed by atoms with Gasteiger partial charge < -0.3 is 17.3 Å². The smallest absolute Gasteiger partial charge is 0.418 e. The molecule has 90 valence electrons. The fraction of sp³-hybridized carbons (Fsp3) is 0.857. The van der Waals surface area contributed by atoms with E-state index in [4.69, 9.17) is 0 Å². The second-order valence-corrected chi connectivity index (χ2v) is 4.88. The normalized spacial score (nSPS) is 17.2. The van der Waals surface area contributed by atoms with Gasteiger partial charge in [-0.15, -0.1) is 0 Å². The molecule has 1 rings (SSSR count). The first-order valence-electron chi connectivity index (χ1n) is 4.54. The average molecular weight is 263 g/mol. The zero-order valence-electron chi connectivity index (χ0n) is 8.68. The number of halogens is 4. The fourth-order valence-corrected chi connectivity index (χ4v) is 3.12. The summed E-state index contributed by atoms with van der Waals surface area (Å²) in [5.41, 5.74) is 0. The Labute approximate surface area is 95.8 Å². The lowest BCUT2D eigenvalue weighted by atomic mass is 10.3. The van der Waals surface area contributed by atoms with E-state index in [1.165, 1.54) is 29.6 Å². The van der Waals surface area contributed by atoms with Gasteiger partial charge in [-0.3, -0.25) is 0 Å². The van der Waals surface area contributed by atoms with Crippen LogP contribution in [0.1, 0.15) is 13.3 Å². The zero-order valence-corrected chi connectivity index (χ0v) is 10.3. The van der Waals surface area contributed by atoms with Crippen molar-refractivity contribution >= 4 is 35.2 Å². The van der Waals surface area contributed by atoms with Crippen molar-refractivity contribution < 1.29 is 21.8 Å². The van der Waals surface area contributed by atoms with Crippen molar-refractivity contribution in [2.45, 2.75) is 13.3 Å². The summed E-state index contributed by atoms with van der Waals surface area (Å²) in [5, 5.41) is 0. The first kappa shape index (κ1) is 15.2. The SMILES string of the molecule is CC[N+]1=C(SC)SCCC1.F[B-](F)(F)F. The summed E-state index contributed by atoms with van der Waals surface area (Å²) in [6.45, 7) is 4.66. The Kier molecular flexibility index (Phi) is 7.51. The van der Waals surface area contributed by atoms with E-state index in [9.17, 15) is 17.3 Å². The van der Waals surface area contributed by atoms with E-state index in [0.29, 0.717) is 0 Å². The van der Waals surface area contributed by atoms with Crippen molar-refractivity contribution in [2.75, 3.05) is 25.1 Å². The second-order valence-electron chi connectivity index (χ2n) is 2.75. The Hall–Kier alpha value is 0.155. The molecule has 0 N–H and O–H groups in total. The number of hydrogen-bond donors (Lipinski definition) is 0. The van der Waals surface area contributed by atoms with E-state index >= 15 is 0 Å². The summed E-state index contributed by atoms with van der Waals surface area (Å²) >= 11 is 3.89. The van der Waals surface area contributed by atoms with Crippen LogP contribution in [0.2, 0.25) is 0 Å². The molecule has 0 unspecified atom stereocenters. The van der Waals surface area contributed by atoms with Crippen LogP contribution in [0.15, 0.2) is 0 Å². The third-order valence-corrected chi connectivity index (χ3v) is 4.07. The highest BCUT2D eigenvalue weighted by Gasteiger charge is 2.20. The molecule has 1 aliphatic heterocycles. The van der Waals surface area contributed by atoms with Crippen molar-refractivity contribution in [1.29, 1.82) is 0 Å². The molecule has 1 aliphatic rings. The van der Waals surface area contributed by atoms with Crippen molar-refractivity contribution in [1.82, 2.24) is 0 Å². The minimum Gasteiger partial charge on any atom is -0.418 e. The van der Waals surface area contributed by atoms with Gasteiger partial charge in [0.2, 0.25) is 0 Å². The monoisotopic (exact) mass is 263 g/mol. The number of nitrogens with zero attached hydrogens (tertiary/aromatic N) is 1. The molecule has 0 saturated heterocycles. The van der Waals surface area contributed by atoms with Gasteiger partial charge >= 0.3 is 7.25 Å². The maximum Gasteiger partial charge on any atom is 0.673 e. The van der Waals surface area contributed by atoms with Crippen molar-refractivity contribution in [3.63, 3.8) is 0 Å². The molecule has 0 atom stereocenters. The minimum absolute atomic E-state index is 1.17. The van der Waals surface area contributed by atoms with Gasteiger partial charge in [0.25, 0.3) is 4.38 Å². The largest absolute Gasteiger partial charge is 0.673 e. The van der Waals surface area contributed by atoms with Crippen LogP contribution >= 0.6 is 23.5 Å². The van der Waals surface area contributed by atoms with Crippen LogP contribution in [-0.2, 0) is 0 Å². The summed E-state index contributed by atoms with van der Waals surface area (Å²) < 4.78 is 43.0. The molecule has 1 heterocycles. The fourth-order valence-electron chi connectivity index (χ4n) is 1.07. The number of hydrogen-bond acceptors (Lipinski definition) is 2. The molecule has 8 heteroatoms. The molecule has 0 aromatic heterocycles. The Morgan fingerprint density at radius 2 is 1.93 bits per heavy atom. The van der Waals surface area contributed by atoms with Crippen LogP contribution in [-0.4, -0.2) is 41.3 Å². The van der Waals surface area contributed by atoms with Gasteiger partial charge in [0.15, 0.2) is 0 Å². The maximum absolute atomic E-state index is 9.75. The lowest BCUT2D eigenvalue weighted by Crippen LogP contribution is -2.23. The van der Waals surface area contributed by atoms with E-state index in [0.717, 1.165) is 0 Å². The average Bonchev–Trinajstić information content (AvgIpc) is 2.15. The highest BCUT2D eigenvalue weighted by molar-refractivity contribution is 8.38. The number of rotatable bonds is 1. The van der Waals surface area contributed by atoms with E-state index in [1.54, 1.807) is 0 Å². The molecule has 0 aliphatic carbocycles. The van der Waals surface area contributed by atoms with Crippen LogP contribution in [0.3, 0.4) is 0 Å². The van der Waals surface area contributed by atoms with Gasteiger partial charge in [-0.05, 0) is 24.9 Å². The van der Waals surface area contributed by atoms with Gasteiger partial charge in [-0.25, -0.2) is 4.58 Å². The summed E-state index contributed by atoms with van der Waals surface area (Å²) in [5.74, 6) is 1.31. The van der Waals surface area contributed by atoms with Crippen LogP contribution in [0.5, 0.6) is 0 Å². The topological polar surface area (TPSA) is 3.01 Å². The first-order valence-corrected chi connectivity index (χ1v) is 6.75. The van der Waals surface area contributed by atoms with E-state index in [1.807, 2.05) is 23.5 Å². The number of thioether (sulfide) groups is 2. The first-order chi connectivity index (χ1) is 6.88. The molecule has 0 aromatic rings. The molecule has 0 saturated carbocycles. The van der Waals surface area contributed by atoms with Crippen molar-refractivity contribution in [3.05, 3.63) is 0 Å². The highest BCUT2D eigenvalue weighted by atomic mass is 32.2. The second kappa shape index (κ2) is 7.43. The molecular weight excluding hydrogens is 249 g/mol. The molecular formula is C7H14BF4NS2. The minimum atomic E-state index is -6.00. The van der Waals surface area contributed by atoms with Gasteiger partial charge in [0.1, 0.15) is 13.1 Å². The molecule has 0 amide bonds. The van der Waals surface area contributed by atoms with E-state index < -0.39 is 7.25 Å². The predicted octanol–water partition coefficient (Wildman–Crippen LogP) is 3.17. The predicted molar refractivity (Wildman–Crippen MR) is 61.5 cm³/mol. The standard InChI is InChI=1S/C7H14NS2.BF4/c1-3-8-5-4-6-10-7(8)9-2;2-1(3,4)5/h3-6H2,1-2H3;/q+1;-1. The Balaban J connectivity index is 0.000000336. The highest BCUT2D eigenvalue weighted by Crippen LogP contribution is 2.19. The summed E-state index contributed by atoms with van der Waals surface area (Å²) in [6, 6.07) is 0. The maximum atomic E-state index is 9.75. The third-order valence-electron chi connectivity index (χ3n) is 1.61. The zero-order chi connectivity index (χ0) is 11.9. The molecule has 0 spiro atoms. The Bertz CT molecular complexity index is 198. The van der Waals surface area contributed by atoms with Gasteiger partial charge in [0, 0.05) is 12.2 Å². The molecule has 0 bridgehead atoms. The molecule has 0 aromatic carbocycles. The lowest BCUT2D eigenvalue weighted by Gasteiger charge is -2.10.